The second-order valence-corrected chi connectivity index (χ2v) is 4.99. The molecule has 1 amide bonds. The van der Waals surface area contributed by atoms with Crippen LogP contribution in [0, 0.1) is 6.92 Å². The van der Waals surface area contributed by atoms with Crippen LogP contribution in [0.5, 0.6) is 0 Å². The number of carbonyl (C=O) groups excluding carboxylic acids is 1. The van der Waals surface area contributed by atoms with Crippen molar-refractivity contribution in [3.05, 3.63) is 64.7 Å². The van der Waals surface area contributed by atoms with Gasteiger partial charge in [0.15, 0.2) is 5.92 Å². The summed E-state index contributed by atoms with van der Waals surface area (Å²) >= 11 is 5.99. The fourth-order valence-electron chi connectivity index (χ4n) is 2.00. The second-order valence-electron chi connectivity index (χ2n) is 4.58. The molecule has 4 nitrogen and oxygen atoms in total. The number of carbonyl (C=O) groups is 2. The molecule has 0 radical (unpaired) electrons. The molecule has 0 aliphatic heterocycles. The third-order valence-corrected chi connectivity index (χ3v) is 3.58. The van der Waals surface area contributed by atoms with E-state index in [9.17, 15) is 14.7 Å². The zero-order valence-electron chi connectivity index (χ0n) is 11.3. The van der Waals surface area contributed by atoms with Crippen molar-refractivity contribution in [3.63, 3.8) is 0 Å². The van der Waals surface area contributed by atoms with Gasteiger partial charge in [0, 0.05) is 10.7 Å². The number of benzene rings is 2. The molecule has 108 valence electrons. The first-order valence-corrected chi connectivity index (χ1v) is 6.72. The van der Waals surface area contributed by atoms with Crippen molar-refractivity contribution in [1.82, 2.24) is 0 Å². The molecule has 0 aliphatic rings. The molecular weight excluding hydrogens is 290 g/mol. The Hall–Kier alpha value is -2.33. The van der Waals surface area contributed by atoms with Crippen molar-refractivity contribution in [2.75, 3.05) is 5.32 Å². The van der Waals surface area contributed by atoms with Gasteiger partial charge in [0.2, 0.25) is 5.91 Å². The number of hydrogen-bond acceptors (Lipinski definition) is 2. The predicted molar refractivity (Wildman–Crippen MR) is 81.6 cm³/mol. The molecule has 2 N–H and O–H groups in total. The fourth-order valence-corrected chi connectivity index (χ4v) is 2.17. The first-order valence-electron chi connectivity index (χ1n) is 6.34. The lowest BCUT2D eigenvalue weighted by Crippen LogP contribution is -2.27. The zero-order chi connectivity index (χ0) is 15.4. The van der Waals surface area contributed by atoms with E-state index in [-0.39, 0.29) is 0 Å². The van der Waals surface area contributed by atoms with Crippen molar-refractivity contribution < 1.29 is 14.7 Å². The Balaban J connectivity index is 2.28. The highest BCUT2D eigenvalue weighted by Crippen LogP contribution is 2.25. The molecule has 5 heteroatoms. The highest BCUT2D eigenvalue weighted by atomic mass is 35.5. The van der Waals surface area contributed by atoms with Crippen LogP contribution in [0.1, 0.15) is 17.0 Å². The van der Waals surface area contributed by atoms with Crippen LogP contribution in [0.3, 0.4) is 0 Å². The van der Waals surface area contributed by atoms with Crippen molar-refractivity contribution in [3.8, 4) is 0 Å². The minimum atomic E-state index is -1.26. The maximum Gasteiger partial charge on any atom is 0.320 e. The van der Waals surface area contributed by atoms with E-state index < -0.39 is 17.8 Å². The number of carboxylic acids is 1. The Morgan fingerprint density at radius 2 is 1.76 bits per heavy atom. The van der Waals surface area contributed by atoms with E-state index >= 15 is 0 Å². The lowest BCUT2D eigenvalue weighted by molar-refractivity contribution is -0.141. The van der Waals surface area contributed by atoms with E-state index in [0.29, 0.717) is 21.8 Å². The van der Waals surface area contributed by atoms with Crippen LogP contribution in [0.4, 0.5) is 5.69 Å². The van der Waals surface area contributed by atoms with Gasteiger partial charge in [0.05, 0.1) is 0 Å². The summed E-state index contributed by atoms with van der Waals surface area (Å²) in [4.78, 5) is 23.7. The summed E-state index contributed by atoms with van der Waals surface area (Å²) < 4.78 is 0. The molecule has 0 spiro atoms. The lowest BCUT2D eigenvalue weighted by Gasteiger charge is -2.15. The Morgan fingerprint density at radius 1 is 1.10 bits per heavy atom. The molecule has 1 unspecified atom stereocenters. The lowest BCUT2D eigenvalue weighted by atomic mass is 9.98. The van der Waals surface area contributed by atoms with Crippen LogP contribution in [0.15, 0.2) is 48.5 Å². The topological polar surface area (TPSA) is 66.4 Å². The van der Waals surface area contributed by atoms with E-state index in [1.54, 1.807) is 55.5 Å². The summed E-state index contributed by atoms with van der Waals surface area (Å²) in [6.45, 7) is 1.76. The molecule has 2 aromatic carbocycles. The van der Waals surface area contributed by atoms with E-state index in [1.807, 2.05) is 0 Å². The average molecular weight is 304 g/mol. The SMILES string of the molecule is Cc1c(Cl)cccc1NC(=O)C(C(=O)O)c1ccccc1. The van der Waals surface area contributed by atoms with Crippen LogP contribution in [0.25, 0.3) is 0 Å². The van der Waals surface area contributed by atoms with E-state index in [0.717, 1.165) is 0 Å². The van der Waals surface area contributed by atoms with Gasteiger partial charge in [-0.3, -0.25) is 9.59 Å². The molecule has 0 saturated heterocycles. The molecule has 0 saturated carbocycles. The van der Waals surface area contributed by atoms with Crippen molar-refractivity contribution in [2.45, 2.75) is 12.8 Å². The quantitative estimate of drug-likeness (QED) is 0.850. The molecule has 21 heavy (non-hydrogen) atoms. The highest BCUT2D eigenvalue weighted by Gasteiger charge is 2.28. The third kappa shape index (κ3) is 3.41. The van der Waals surface area contributed by atoms with Gasteiger partial charge in [-0.1, -0.05) is 48.0 Å². The van der Waals surface area contributed by atoms with Crippen LogP contribution in [-0.2, 0) is 9.59 Å². The normalized spacial score (nSPS) is 11.7. The van der Waals surface area contributed by atoms with E-state index in [4.69, 9.17) is 11.6 Å². The number of rotatable bonds is 4. The zero-order valence-corrected chi connectivity index (χ0v) is 12.1. The highest BCUT2D eigenvalue weighted by molar-refractivity contribution is 6.31. The van der Waals surface area contributed by atoms with Crippen molar-refractivity contribution in [1.29, 1.82) is 0 Å². The number of aliphatic carboxylic acids is 1. The minimum Gasteiger partial charge on any atom is -0.480 e. The van der Waals surface area contributed by atoms with Gasteiger partial charge in [0.1, 0.15) is 0 Å². The maximum atomic E-state index is 12.3. The molecular formula is C16H14ClNO3. The van der Waals surface area contributed by atoms with Gasteiger partial charge in [0.25, 0.3) is 0 Å². The molecule has 1 atom stereocenters. The Morgan fingerprint density at radius 3 is 2.38 bits per heavy atom. The summed E-state index contributed by atoms with van der Waals surface area (Å²) in [6.07, 6.45) is 0. The first-order chi connectivity index (χ1) is 10.0. The molecule has 0 aliphatic carbocycles. The Kier molecular flexibility index (Phi) is 4.60. The number of carboxylic acid groups (broad SMARTS) is 1. The van der Waals surface area contributed by atoms with E-state index in [2.05, 4.69) is 5.32 Å². The van der Waals surface area contributed by atoms with E-state index in [1.165, 1.54) is 0 Å². The van der Waals surface area contributed by atoms with Crippen LogP contribution >= 0.6 is 11.6 Å². The number of halogens is 1. The largest absolute Gasteiger partial charge is 0.480 e. The summed E-state index contributed by atoms with van der Waals surface area (Å²) in [5.74, 6) is -3.05. The third-order valence-electron chi connectivity index (χ3n) is 3.17. The smallest absolute Gasteiger partial charge is 0.320 e. The molecule has 0 aromatic heterocycles. The van der Waals surface area contributed by atoms with Gasteiger partial charge >= 0.3 is 5.97 Å². The number of amides is 1. The first kappa shape index (κ1) is 15.1. The van der Waals surface area contributed by atoms with Crippen LogP contribution in [-0.4, -0.2) is 17.0 Å². The molecule has 0 bridgehead atoms. The summed E-state index contributed by atoms with van der Waals surface area (Å²) in [7, 11) is 0. The molecule has 2 rings (SSSR count). The summed E-state index contributed by atoms with van der Waals surface area (Å²) in [5.41, 5.74) is 1.64. The predicted octanol–water partition coefficient (Wildman–Crippen LogP) is 3.46. The standard InChI is InChI=1S/C16H14ClNO3/c1-10-12(17)8-5-9-13(10)18-15(19)14(16(20)21)11-6-3-2-4-7-11/h2-9,14H,1H3,(H,18,19)(H,20,21). The van der Waals surface area contributed by atoms with Gasteiger partial charge in [-0.25, -0.2) is 0 Å². The van der Waals surface area contributed by atoms with Crippen molar-refractivity contribution in [2.24, 2.45) is 0 Å². The van der Waals surface area contributed by atoms with Gasteiger partial charge in [-0.15, -0.1) is 0 Å². The Labute approximate surface area is 127 Å². The molecule has 0 fully saturated rings. The van der Waals surface area contributed by atoms with Gasteiger partial charge in [-0.05, 0) is 30.2 Å². The van der Waals surface area contributed by atoms with Crippen LogP contribution in [0.2, 0.25) is 5.02 Å². The monoisotopic (exact) mass is 303 g/mol. The van der Waals surface area contributed by atoms with Crippen molar-refractivity contribution >= 4 is 29.2 Å². The molecule has 2 aromatic rings. The number of hydrogen-bond donors (Lipinski definition) is 2. The fraction of sp³-hybridized carbons (Fsp3) is 0.125. The number of nitrogens with one attached hydrogen (secondary N) is 1. The van der Waals surface area contributed by atoms with Gasteiger partial charge < -0.3 is 10.4 Å². The minimum absolute atomic E-state index is 0.433. The maximum absolute atomic E-state index is 12.3. The summed E-state index contributed by atoms with van der Waals surface area (Å²) in [5, 5.41) is 12.5. The summed E-state index contributed by atoms with van der Waals surface area (Å²) in [6, 6.07) is 13.5. The molecule has 0 heterocycles. The van der Waals surface area contributed by atoms with Crippen LogP contribution < -0.4 is 5.32 Å². The number of anilines is 1. The second kappa shape index (κ2) is 6.41. The Bertz CT molecular complexity index is 670. The average Bonchev–Trinajstić information content (AvgIpc) is 2.45. The van der Waals surface area contributed by atoms with Gasteiger partial charge in [-0.2, -0.15) is 0 Å².